The van der Waals surface area contributed by atoms with Gasteiger partial charge >= 0.3 is 6.03 Å². The van der Waals surface area contributed by atoms with Crippen LogP contribution in [0.1, 0.15) is 24.8 Å². The Bertz CT molecular complexity index is 850. The first-order valence-electron chi connectivity index (χ1n) is 8.82. The molecule has 1 atom stereocenters. The Balaban J connectivity index is 1.53. The number of nitrogens with one attached hydrogen (secondary N) is 4. The van der Waals surface area contributed by atoms with E-state index >= 15 is 0 Å². The number of carbonyl (C=O) groups excluding carboxylic acids is 1. The monoisotopic (exact) mass is 389 g/mol. The summed E-state index contributed by atoms with van der Waals surface area (Å²) >= 11 is 0. The molecule has 3 rings (SSSR count). The molecule has 144 valence electrons. The molecular weight excluding hydrogens is 366 g/mol. The van der Waals surface area contributed by atoms with Crippen molar-refractivity contribution < 1.29 is 13.2 Å². The van der Waals surface area contributed by atoms with Gasteiger partial charge < -0.3 is 16.0 Å². The topological polar surface area (TPSA) is 112 Å². The van der Waals surface area contributed by atoms with E-state index < -0.39 is 10.0 Å². The number of benzene rings is 1. The van der Waals surface area contributed by atoms with Gasteiger partial charge in [-0.2, -0.15) is 4.72 Å². The summed E-state index contributed by atoms with van der Waals surface area (Å²) in [7, 11) is -3.60. The molecule has 1 aromatic heterocycles. The van der Waals surface area contributed by atoms with Crippen LogP contribution in [0.4, 0.5) is 10.5 Å². The van der Waals surface area contributed by atoms with Crippen molar-refractivity contribution >= 4 is 21.7 Å². The van der Waals surface area contributed by atoms with Crippen molar-refractivity contribution in [3.63, 3.8) is 0 Å². The minimum Gasteiger partial charge on any atom is -0.334 e. The van der Waals surface area contributed by atoms with Gasteiger partial charge in [0.25, 0.3) is 0 Å². The molecule has 0 aliphatic carbocycles. The van der Waals surface area contributed by atoms with Crippen LogP contribution >= 0.6 is 0 Å². The van der Waals surface area contributed by atoms with Crippen LogP contribution in [0.2, 0.25) is 0 Å². The van der Waals surface area contributed by atoms with Crippen LogP contribution in [-0.2, 0) is 16.6 Å². The number of aromatic nitrogens is 1. The maximum absolute atomic E-state index is 12.4. The molecule has 9 heteroatoms. The van der Waals surface area contributed by atoms with Crippen LogP contribution in [0, 0.1) is 0 Å². The average molecular weight is 389 g/mol. The summed E-state index contributed by atoms with van der Waals surface area (Å²) in [6.07, 6.45) is 5.93. The number of amides is 2. The highest BCUT2D eigenvalue weighted by molar-refractivity contribution is 7.89. The number of sulfonamides is 1. The van der Waals surface area contributed by atoms with E-state index in [0.29, 0.717) is 12.2 Å². The van der Waals surface area contributed by atoms with Crippen LogP contribution in [0.25, 0.3) is 0 Å². The number of hydrogen-bond acceptors (Lipinski definition) is 5. The molecule has 2 heterocycles. The molecule has 8 nitrogen and oxygen atoms in total. The molecule has 1 unspecified atom stereocenters. The first-order chi connectivity index (χ1) is 13.0. The second-order valence-electron chi connectivity index (χ2n) is 6.32. The third-order valence-corrected chi connectivity index (χ3v) is 5.69. The van der Waals surface area contributed by atoms with Crippen molar-refractivity contribution in [2.45, 2.75) is 36.9 Å². The highest BCUT2D eigenvalue weighted by Crippen LogP contribution is 2.15. The average Bonchev–Trinajstić information content (AvgIpc) is 2.68. The lowest BCUT2D eigenvalue weighted by molar-refractivity contribution is 0.251. The van der Waals surface area contributed by atoms with Crippen molar-refractivity contribution in [1.29, 1.82) is 0 Å². The zero-order chi connectivity index (χ0) is 19.1. The van der Waals surface area contributed by atoms with Gasteiger partial charge in [-0.3, -0.25) is 4.98 Å². The number of anilines is 1. The molecule has 1 aliphatic rings. The fourth-order valence-electron chi connectivity index (χ4n) is 2.79. The van der Waals surface area contributed by atoms with Gasteiger partial charge in [0, 0.05) is 24.6 Å². The Morgan fingerprint density at radius 3 is 2.67 bits per heavy atom. The van der Waals surface area contributed by atoms with Gasteiger partial charge in [0.1, 0.15) is 0 Å². The van der Waals surface area contributed by atoms with Crippen LogP contribution in [0.15, 0.2) is 53.7 Å². The highest BCUT2D eigenvalue weighted by atomic mass is 32.2. The minimum atomic E-state index is -3.60. The lowest BCUT2D eigenvalue weighted by atomic mass is 10.1. The van der Waals surface area contributed by atoms with E-state index in [0.717, 1.165) is 31.4 Å². The Labute approximate surface area is 158 Å². The molecular formula is C18H23N5O3S. The maximum atomic E-state index is 12.4. The summed E-state index contributed by atoms with van der Waals surface area (Å²) in [5, 5.41) is 8.54. The number of piperidine rings is 1. The van der Waals surface area contributed by atoms with Gasteiger partial charge in [0.2, 0.25) is 10.0 Å². The first kappa shape index (κ1) is 19.3. The van der Waals surface area contributed by atoms with Crippen molar-refractivity contribution in [3.05, 3.63) is 54.4 Å². The lowest BCUT2D eigenvalue weighted by Gasteiger charge is -2.24. The second-order valence-corrected chi connectivity index (χ2v) is 8.03. The zero-order valence-electron chi connectivity index (χ0n) is 14.8. The molecule has 2 aromatic rings. The standard InChI is InChI=1S/C18H23N5O3S/c24-18(21-13-14-4-3-10-19-12-14)22-15-6-8-16(9-7-15)27(25,26)23-17-5-1-2-11-20-17/h3-4,6-10,12,17,20,23H,1-2,5,11,13H2,(H2,21,22,24). The summed E-state index contributed by atoms with van der Waals surface area (Å²) in [5.41, 5.74) is 1.39. The van der Waals surface area contributed by atoms with Gasteiger partial charge in [-0.25, -0.2) is 13.2 Å². The Hall–Kier alpha value is -2.49. The van der Waals surface area contributed by atoms with Crippen LogP contribution < -0.4 is 20.7 Å². The van der Waals surface area contributed by atoms with E-state index in [1.165, 1.54) is 12.1 Å². The SMILES string of the molecule is O=C(NCc1cccnc1)Nc1ccc(S(=O)(=O)NC2CCCCN2)cc1. The molecule has 0 radical (unpaired) electrons. The summed E-state index contributed by atoms with van der Waals surface area (Å²) < 4.78 is 27.5. The summed E-state index contributed by atoms with van der Waals surface area (Å²) in [6.45, 7) is 1.16. The quantitative estimate of drug-likeness (QED) is 0.602. The van der Waals surface area contributed by atoms with Gasteiger partial charge in [-0.1, -0.05) is 6.07 Å². The molecule has 0 spiro atoms. The lowest BCUT2D eigenvalue weighted by Crippen LogP contribution is -2.47. The molecule has 1 aliphatic heterocycles. The number of pyridine rings is 1. The number of rotatable bonds is 6. The fourth-order valence-corrected chi connectivity index (χ4v) is 3.99. The molecule has 27 heavy (non-hydrogen) atoms. The van der Waals surface area contributed by atoms with Crippen molar-refractivity contribution in [1.82, 2.24) is 20.3 Å². The van der Waals surface area contributed by atoms with Gasteiger partial charge in [0.15, 0.2) is 0 Å². The van der Waals surface area contributed by atoms with Crippen LogP contribution in [0.3, 0.4) is 0 Å². The number of hydrogen-bond donors (Lipinski definition) is 4. The predicted octanol–water partition coefficient (Wildman–Crippen LogP) is 1.78. The maximum Gasteiger partial charge on any atom is 0.319 e. The van der Waals surface area contributed by atoms with Gasteiger partial charge in [0.05, 0.1) is 11.1 Å². The Kier molecular flexibility index (Phi) is 6.38. The van der Waals surface area contributed by atoms with E-state index in [1.54, 1.807) is 30.6 Å². The number of nitrogens with zero attached hydrogens (tertiary/aromatic N) is 1. The minimum absolute atomic E-state index is 0.163. The number of carbonyl (C=O) groups is 1. The van der Waals surface area contributed by atoms with E-state index in [1.807, 2.05) is 6.07 Å². The number of urea groups is 1. The normalized spacial score (nSPS) is 17.3. The molecule has 1 fully saturated rings. The van der Waals surface area contributed by atoms with Crippen molar-refractivity contribution in [2.75, 3.05) is 11.9 Å². The van der Waals surface area contributed by atoms with E-state index in [-0.39, 0.29) is 17.1 Å². The van der Waals surface area contributed by atoms with Crippen LogP contribution in [0.5, 0.6) is 0 Å². The van der Waals surface area contributed by atoms with Crippen LogP contribution in [-0.4, -0.2) is 32.1 Å². The predicted molar refractivity (Wildman–Crippen MR) is 103 cm³/mol. The molecule has 1 aromatic carbocycles. The second kappa shape index (κ2) is 8.94. The summed E-state index contributed by atoms with van der Waals surface area (Å²) in [6, 6.07) is 9.36. The largest absolute Gasteiger partial charge is 0.334 e. The van der Waals surface area contributed by atoms with Gasteiger partial charge in [-0.15, -0.1) is 0 Å². The van der Waals surface area contributed by atoms with Crippen molar-refractivity contribution in [2.24, 2.45) is 0 Å². The zero-order valence-corrected chi connectivity index (χ0v) is 15.6. The molecule has 1 saturated heterocycles. The fraction of sp³-hybridized carbons (Fsp3) is 0.333. The van der Waals surface area contributed by atoms with E-state index in [4.69, 9.17) is 0 Å². The van der Waals surface area contributed by atoms with Gasteiger partial charge in [-0.05, 0) is 61.7 Å². The molecule has 4 N–H and O–H groups in total. The first-order valence-corrected chi connectivity index (χ1v) is 10.3. The van der Waals surface area contributed by atoms with Crippen molar-refractivity contribution in [3.8, 4) is 0 Å². The van der Waals surface area contributed by atoms with E-state index in [2.05, 4.69) is 25.7 Å². The Morgan fingerprint density at radius 1 is 1.19 bits per heavy atom. The molecule has 2 amide bonds. The third-order valence-electron chi connectivity index (χ3n) is 4.21. The molecule has 0 saturated carbocycles. The molecule has 0 bridgehead atoms. The van der Waals surface area contributed by atoms with E-state index in [9.17, 15) is 13.2 Å². The summed E-state index contributed by atoms with van der Waals surface area (Å²) in [5.74, 6) is 0. The summed E-state index contributed by atoms with van der Waals surface area (Å²) in [4.78, 5) is 16.1. The Morgan fingerprint density at radius 2 is 2.00 bits per heavy atom. The highest BCUT2D eigenvalue weighted by Gasteiger charge is 2.21. The smallest absolute Gasteiger partial charge is 0.319 e. The third kappa shape index (κ3) is 5.75.